The van der Waals surface area contributed by atoms with E-state index in [-0.39, 0.29) is 4.90 Å². The van der Waals surface area contributed by atoms with Crippen molar-refractivity contribution >= 4 is 43.0 Å². The van der Waals surface area contributed by atoms with Crippen LogP contribution in [-0.4, -0.2) is 35.0 Å². The molecule has 0 aliphatic heterocycles. The van der Waals surface area contributed by atoms with Crippen LogP contribution in [0.5, 0.6) is 0 Å². The lowest BCUT2D eigenvalue weighted by molar-refractivity contribution is -0.116. The van der Waals surface area contributed by atoms with E-state index < -0.39 is 32.0 Å². The third-order valence-electron chi connectivity index (χ3n) is 5.76. The van der Waals surface area contributed by atoms with Crippen LogP contribution in [-0.2, 0) is 24.8 Å². The Hall–Kier alpha value is -3.37. The van der Waals surface area contributed by atoms with Gasteiger partial charge in [0, 0.05) is 5.69 Å². The Morgan fingerprint density at radius 3 is 1.94 bits per heavy atom. The first-order chi connectivity index (χ1) is 16.7. The molecule has 0 fully saturated rings. The van der Waals surface area contributed by atoms with Crippen molar-refractivity contribution in [3.8, 4) is 0 Å². The summed E-state index contributed by atoms with van der Waals surface area (Å²) >= 11 is 0. The molecule has 3 aromatic carbocycles. The van der Waals surface area contributed by atoms with E-state index in [1.807, 2.05) is 39.0 Å². The first-order valence-corrected chi connectivity index (χ1v) is 14.6. The molecule has 0 spiro atoms. The quantitative estimate of drug-likeness (QED) is 0.446. The molecule has 3 rings (SSSR count). The summed E-state index contributed by atoms with van der Waals surface area (Å²) in [6, 6.07) is 15.5. The molecule has 0 bridgehead atoms. The smallest absolute Gasteiger partial charge is 0.261 e. The standard InChI is InChI=1S/C26H31N3O5S2/c1-17-7-9-19(3)24(15-17)28-36(33,34)23-13-11-22(12-14-23)27-26(30)21(5)29(35(6,31)32)25-16-18(2)8-10-20(25)4/h7-16,21,28H,1-6H3,(H,27,30)/t21-/m1/s1. The molecular formula is C26H31N3O5S2. The van der Waals surface area contributed by atoms with Crippen molar-refractivity contribution in [1.29, 1.82) is 0 Å². The van der Waals surface area contributed by atoms with Gasteiger partial charge in [-0.05, 0) is 93.3 Å². The van der Waals surface area contributed by atoms with Crippen LogP contribution in [0.3, 0.4) is 0 Å². The Balaban J connectivity index is 1.81. The maximum atomic E-state index is 13.0. The van der Waals surface area contributed by atoms with Crippen molar-refractivity contribution in [2.75, 3.05) is 20.6 Å². The van der Waals surface area contributed by atoms with Crippen LogP contribution in [0.1, 0.15) is 29.2 Å². The van der Waals surface area contributed by atoms with E-state index in [0.29, 0.717) is 17.1 Å². The third kappa shape index (κ3) is 6.24. The summed E-state index contributed by atoms with van der Waals surface area (Å²) in [7, 11) is -7.61. The minimum atomic E-state index is -3.84. The summed E-state index contributed by atoms with van der Waals surface area (Å²) < 4.78 is 54.6. The van der Waals surface area contributed by atoms with Gasteiger partial charge in [0.1, 0.15) is 6.04 Å². The van der Waals surface area contributed by atoms with Crippen LogP contribution >= 0.6 is 0 Å². The van der Waals surface area contributed by atoms with Gasteiger partial charge in [-0.15, -0.1) is 0 Å². The summed E-state index contributed by atoms with van der Waals surface area (Å²) in [6.07, 6.45) is 1.06. The molecule has 1 amide bonds. The van der Waals surface area contributed by atoms with Crippen molar-refractivity contribution in [2.45, 2.75) is 45.6 Å². The summed E-state index contributed by atoms with van der Waals surface area (Å²) in [5.41, 5.74) is 4.56. The molecule has 0 aliphatic rings. The number of nitrogens with one attached hydrogen (secondary N) is 2. The molecule has 2 N–H and O–H groups in total. The van der Waals surface area contributed by atoms with Crippen molar-refractivity contribution < 1.29 is 21.6 Å². The number of anilines is 3. The number of nitrogens with zero attached hydrogens (tertiary/aromatic N) is 1. The first kappa shape index (κ1) is 27.2. The normalized spacial score (nSPS) is 12.6. The van der Waals surface area contributed by atoms with Gasteiger partial charge < -0.3 is 5.32 Å². The highest BCUT2D eigenvalue weighted by atomic mass is 32.2. The average Bonchev–Trinajstić information content (AvgIpc) is 2.78. The van der Waals surface area contributed by atoms with E-state index >= 15 is 0 Å². The van der Waals surface area contributed by atoms with E-state index in [0.717, 1.165) is 32.8 Å². The molecule has 0 saturated carbocycles. The lowest BCUT2D eigenvalue weighted by atomic mass is 10.1. The van der Waals surface area contributed by atoms with Gasteiger partial charge in [0.15, 0.2) is 0 Å². The first-order valence-electron chi connectivity index (χ1n) is 11.3. The van der Waals surface area contributed by atoms with Gasteiger partial charge in [0.2, 0.25) is 15.9 Å². The second-order valence-electron chi connectivity index (χ2n) is 8.96. The molecule has 10 heteroatoms. The number of carbonyl (C=O) groups excluding carboxylic acids is 1. The molecular weight excluding hydrogens is 498 g/mol. The second kappa shape index (κ2) is 10.3. The Morgan fingerprint density at radius 1 is 0.806 bits per heavy atom. The molecule has 0 heterocycles. The summed E-state index contributed by atoms with van der Waals surface area (Å²) in [6.45, 7) is 8.82. The molecule has 0 radical (unpaired) electrons. The average molecular weight is 530 g/mol. The van der Waals surface area contributed by atoms with Gasteiger partial charge in [0.25, 0.3) is 10.0 Å². The van der Waals surface area contributed by atoms with Crippen LogP contribution in [0.25, 0.3) is 0 Å². The van der Waals surface area contributed by atoms with Gasteiger partial charge in [0.05, 0.1) is 22.5 Å². The predicted octanol–water partition coefficient (Wildman–Crippen LogP) is 4.51. The SMILES string of the molecule is Cc1ccc(C)c(NS(=O)(=O)c2ccc(NC(=O)[C@@H](C)N(c3cc(C)ccc3C)S(C)(=O)=O)cc2)c1. The number of sulfonamides is 2. The molecule has 36 heavy (non-hydrogen) atoms. The zero-order valence-electron chi connectivity index (χ0n) is 21.2. The van der Waals surface area contributed by atoms with Crippen LogP contribution in [0.4, 0.5) is 17.1 Å². The van der Waals surface area contributed by atoms with E-state index in [9.17, 15) is 21.6 Å². The fraction of sp³-hybridized carbons (Fsp3) is 0.269. The monoisotopic (exact) mass is 529 g/mol. The van der Waals surface area contributed by atoms with E-state index in [2.05, 4.69) is 10.0 Å². The summed E-state index contributed by atoms with van der Waals surface area (Å²) in [5.74, 6) is -0.551. The fourth-order valence-corrected chi connectivity index (χ4v) is 6.10. The highest BCUT2D eigenvalue weighted by molar-refractivity contribution is 7.92. The lowest BCUT2D eigenvalue weighted by Crippen LogP contribution is -2.45. The van der Waals surface area contributed by atoms with E-state index in [1.165, 1.54) is 31.2 Å². The van der Waals surface area contributed by atoms with Crippen LogP contribution in [0.2, 0.25) is 0 Å². The van der Waals surface area contributed by atoms with Crippen molar-refractivity contribution in [1.82, 2.24) is 0 Å². The molecule has 3 aromatic rings. The molecule has 0 aliphatic carbocycles. The van der Waals surface area contributed by atoms with E-state index in [1.54, 1.807) is 25.1 Å². The van der Waals surface area contributed by atoms with Gasteiger partial charge >= 0.3 is 0 Å². The number of amides is 1. The number of carbonyl (C=O) groups is 1. The molecule has 1 atom stereocenters. The molecule has 0 saturated heterocycles. The van der Waals surface area contributed by atoms with Gasteiger partial charge in [-0.3, -0.25) is 13.8 Å². The largest absolute Gasteiger partial charge is 0.324 e. The molecule has 0 unspecified atom stereocenters. The molecule has 0 aromatic heterocycles. The minimum absolute atomic E-state index is 0.0302. The Morgan fingerprint density at radius 2 is 1.36 bits per heavy atom. The zero-order chi connectivity index (χ0) is 26.8. The Kier molecular flexibility index (Phi) is 7.80. The van der Waals surface area contributed by atoms with Crippen molar-refractivity contribution in [2.24, 2.45) is 0 Å². The van der Waals surface area contributed by atoms with Gasteiger partial charge in [-0.1, -0.05) is 24.3 Å². The molecule has 8 nitrogen and oxygen atoms in total. The van der Waals surface area contributed by atoms with Crippen LogP contribution in [0, 0.1) is 27.7 Å². The maximum Gasteiger partial charge on any atom is 0.261 e. The number of aryl methyl sites for hydroxylation is 4. The number of benzene rings is 3. The highest BCUT2D eigenvalue weighted by Crippen LogP contribution is 2.27. The minimum Gasteiger partial charge on any atom is -0.324 e. The third-order valence-corrected chi connectivity index (χ3v) is 8.37. The topological polar surface area (TPSA) is 113 Å². The van der Waals surface area contributed by atoms with Crippen LogP contribution < -0.4 is 14.3 Å². The number of hydrogen-bond acceptors (Lipinski definition) is 5. The van der Waals surface area contributed by atoms with Gasteiger partial charge in [-0.2, -0.15) is 0 Å². The number of hydrogen-bond donors (Lipinski definition) is 2. The summed E-state index contributed by atoms with van der Waals surface area (Å²) in [4.78, 5) is 13.0. The Labute approximate surface area is 213 Å². The summed E-state index contributed by atoms with van der Waals surface area (Å²) in [5, 5.41) is 2.68. The predicted molar refractivity (Wildman–Crippen MR) is 144 cm³/mol. The lowest BCUT2D eigenvalue weighted by Gasteiger charge is -2.29. The van der Waals surface area contributed by atoms with E-state index in [4.69, 9.17) is 0 Å². The second-order valence-corrected chi connectivity index (χ2v) is 12.5. The fourth-order valence-electron chi connectivity index (χ4n) is 3.75. The van der Waals surface area contributed by atoms with Crippen molar-refractivity contribution in [3.63, 3.8) is 0 Å². The van der Waals surface area contributed by atoms with Crippen LogP contribution in [0.15, 0.2) is 65.6 Å². The molecule has 192 valence electrons. The number of rotatable bonds is 8. The van der Waals surface area contributed by atoms with Gasteiger partial charge in [-0.25, -0.2) is 16.8 Å². The maximum absolute atomic E-state index is 13.0. The zero-order valence-corrected chi connectivity index (χ0v) is 22.8. The van der Waals surface area contributed by atoms with Crippen molar-refractivity contribution in [3.05, 3.63) is 82.9 Å². The highest BCUT2D eigenvalue weighted by Gasteiger charge is 2.30. The Bertz CT molecular complexity index is 1500.